The summed E-state index contributed by atoms with van der Waals surface area (Å²) < 4.78 is 15.1. The van der Waals surface area contributed by atoms with Gasteiger partial charge in [0.15, 0.2) is 5.82 Å². The van der Waals surface area contributed by atoms with Crippen LogP contribution in [0.5, 0.6) is 0 Å². The summed E-state index contributed by atoms with van der Waals surface area (Å²) in [6.45, 7) is 0. The van der Waals surface area contributed by atoms with Crippen LogP contribution in [0.3, 0.4) is 0 Å². The summed E-state index contributed by atoms with van der Waals surface area (Å²) in [4.78, 5) is 3.75. The predicted molar refractivity (Wildman–Crippen MR) is 64.9 cm³/mol. The third-order valence-corrected chi connectivity index (χ3v) is 3.13. The number of aromatic nitrogens is 3. The number of terminal acetylenes is 1. The van der Waals surface area contributed by atoms with Crippen LogP contribution >= 0.6 is 24.0 Å². The van der Waals surface area contributed by atoms with E-state index in [1.165, 1.54) is 16.8 Å². The van der Waals surface area contributed by atoms with Gasteiger partial charge in [-0.3, -0.25) is 0 Å². The van der Waals surface area contributed by atoms with Gasteiger partial charge in [-0.25, -0.2) is 13.9 Å². The van der Waals surface area contributed by atoms with E-state index >= 15 is 0 Å². The molecule has 2 aromatic heterocycles. The third-order valence-electron chi connectivity index (χ3n) is 2.96. The van der Waals surface area contributed by atoms with E-state index in [-0.39, 0.29) is 28.9 Å². The maximum atomic E-state index is 13.6. The number of nitrogens with zero attached hydrogens (tertiary/aromatic N) is 3. The van der Waals surface area contributed by atoms with Crippen molar-refractivity contribution in [2.24, 2.45) is 0 Å². The maximum absolute atomic E-state index is 13.6. The molecule has 1 aliphatic rings. The lowest BCUT2D eigenvalue weighted by Crippen LogP contribution is -2.09. The molecule has 0 unspecified atom stereocenters. The van der Waals surface area contributed by atoms with E-state index < -0.39 is 0 Å². The fourth-order valence-electron chi connectivity index (χ4n) is 1.87. The van der Waals surface area contributed by atoms with E-state index in [1.807, 2.05) is 0 Å². The zero-order chi connectivity index (χ0) is 11.3. The summed E-state index contributed by atoms with van der Waals surface area (Å²) in [5.74, 6) is 2.34. The lowest BCUT2D eigenvalue weighted by atomic mass is 10.0. The fourth-order valence-corrected chi connectivity index (χ4v) is 2.00. The van der Waals surface area contributed by atoms with Crippen molar-refractivity contribution in [3.63, 3.8) is 0 Å². The molecule has 2 heterocycles. The van der Waals surface area contributed by atoms with Crippen LogP contribution in [0.25, 0.3) is 5.52 Å². The second-order valence-electron chi connectivity index (χ2n) is 3.93. The molecule has 0 saturated heterocycles. The molecule has 3 nitrogen and oxygen atoms in total. The largest absolute Gasteiger partial charge is 0.241 e. The monoisotopic (exact) mass is 271 g/mol. The van der Waals surface area contributed by atoms with Crippen molar-refractivity contribution in [2.75, 3.05) is 0 Å². The van der Waals surface area contributed by atoms with Crippen molar-refractivity contribution in [1.29, 1.82) is 0 Å². The molecule has 3 rings (SSSR count). The van der Waals surface area contributed by atoms with E-state index in [0.717, 1.165) is 12.8 Å². The van der Waals surface area contributed by atoms with Gasteiger partial charge in [0, 0.05) is 0 Å². The quantitative estimate of drug-likeness (QED) is 0.747. The van der Waals surface area contributed by atoms with Gasteiger partial charge in [-0.05, 0) is 30.5 Å². The Morgan fingerprint density at radius 3 is 2.82 bits per heavy atom. The molecule has 0 radical (unpaired) electrons. The van der Waals surface area contributed by atoms with Crippen LogP contribution in [0.2, 0.25) is 5.28 Å². The van der Waals surface area contributed by atoms with Crippen molar-refractivity contribution < 1.29 is 4.39 Å². The maximum Gasteiger partial charge on any atom is 0.241 e. The highest BCUT2D eigenvalue weighted by atomic mass is 35.5. The number of halogens is 3. The Labute approximate surface area is 108 Å². The van der Waals surface area contributed by atoms with Crippen LogP contribution in [0.15, 0.2) is 12.3 Å². The zero-order valence-electron chi connectivity index (χ0n) is 8.65. The Hall–Kier alpha value is -1.31. The van der Waals surface area contributed by atoms with Crippen molar-refractivity contribution in [2.45, 2.75) is 18.3 Å². The van der Waals surface area contributed by atoms with Crippen molar-refractivity contribution in [3.8, 4) is 12.3 Å². The Kier molecular flexibility index (Phi) is 2.76. The van der Waals surface area contributed by atoms with Crippen LogP contribution < -0.4 is 0 Å². The van der Waals surface area contributed by atoms with Crippen molar-refractivity contribution >= 4 is 29.5 Å². The second-order valence-corrected chi connectivity index (χ2v) is 4.27. The molecule has 0 aliphatic heterocycles. The number of hydrogen-bond donors (Lipinski definition) is 0. The Morgan fingerprint density at radius 2 is 2.24 bits per heavy atom. The zero-order valence-corrected chi connectivity index (χ0v) is 10.2. The molecule has 1 fully saturated rings. The van der Waals surface area contributed by atoms with Gasteiger partial charge in [-0.2, -0.15) is 0 Å². The van der Waals surface area contributed by atoms with Gasteiger partial charge < -0.3 is 0 Å². The molecule has 6 heteroatoms. The molecule has 17 heavy (non-hydrogen) atoms. The molecular formula is C11H8Cl2FN3. The standard InChI is InChI=1S/C11H7ClFN3.ClH/c1-2-11(3-4-11)9-5-7(13)8-6-14-10(12)15-16(8)9;/h1,5-6H,3-4H2;1H. The first-order chi connectivity index (χ1) is 7.66. The summed E-state index contributed by atoms with van der Waals surface area (Å²) in [5.41, 5.74) is 0.623. The SMILES string of the molecule is C#CC1(c2cc(F)c3cnc(Cl)nn23)CC1.Cl. The van der Waals surface area contributed by atoms with Crippen LogP contribution in [-0.2, 0) is 5.41 Å². The Balaban J connectivity index is 0.00000108. The van der Waals surface area contributed by atoms with E-state index in [1.54, 1.807) is 0 Å². The summed E-state index contributed by atoms with van der Waals surface area (Å²) in [5, 5.41) is 4.07. The first-order valence-electron chi connectivity index (χ1n) is 4.84. The molecule has 0 N–H and O–H groups in total. The molecule has 0 atom stereocenters. The molecule has 88 valence electrons. The van der Waals surface area contributed by atoms with Crippen molar-refractivity contribution in [1.82, 2.24) is 14.6 Å². The van der Waals surface area contributed by atoms with Crippen LogP contribution in [0.4, 0.5) is 4.39 Å². The average molecular weight is 272 g/mol. The highest BCUT2D eigenvalue weighted by Gasteiger charge is 2.45. The molecule has 0 amide bonds. The number of fused-ring (bicyclic) bond motifs is 1. The number of hydrogen-bond acceptors (Lipinski definition) is 2. The predicted octanol–water partition coefficient (Wildman–Crippen LogP) is 2.61. The van der Waals surface area contributed by atoms with Gasteiger partial charge in [-0.1, -0.05) is 5.92 Å². The van der Waals surface area contributed by atoms with E-state index in [4.69, 9.17) is 18.0 Å². The normalized spacial score (nSPS) is 16.3. The van der Waals surface area contributed by atoms with E-state index in [0.29, 0.717) is 11.2 Å². The van der Waals surface area contributed by atoms with Gasteiger partial charge in [-0.15, -0.1) is 23.9 Å². The summed E-state index contributed by atoms with van der Waals surface area (Å²) in [6.07, 6.45) is 8.55. The van der Waals surface area contributed by atoms with Crippen LogP contribution in [-0.4, -0.2) is 14.6 Å². The van der Waals surface area contributed by atoms with Gasteiger partial charge in [0.05, 0.1) is 17.3 Å². The third kappa shape index (κ3) is 1.67. The first-order valence-corrected chi connectivity index (χ1v) is 5.22. The molecule has 1 aliphatic carbocycles. The van der Waals surface area contributed by atoms with Gasteiger partial charge >= 0.3 is 0 Å². The summed E-state index contributed by atoms with van der Waals surface area (Å²) in [7, 11) is 0. The fraction of sp³-hybridized carbons (Fsp3) is 0.273. The minimum atomic E-state index is -0.370. The molecular weight excluding hydrogens is 264 g/mol. The van der Waals surface area contributed by atoms with E-state index in [9.17, 15) is 4.39 Å². The molecule has 0 aromatic carbocycles. The van der Waals surface area contributed by atoms with E-state index in [2.05, 4.69) is 16.0 Å². The lowest BCUT2D eigenvalue weighted by molar-refractivity contribution is 0.638. The molecule has 1 saturated carbocycles. The molecule has 0 spiro atoms. The van der Waals surface area contributed by atoms with Gasteiger partial charge in [0.25, 0.3) is 0 Å². The molecule has 2 aromatic rings. The minimum absolute atomic E-state index is 0. The van der Waals surface area contributed by atoms with Crippen LogP contribution in [0.1, 0.15) is 18.5 Å². The Bertz CT molecular complexity index is 625. The van der Waals surface area contributed by atoms with Crippen molar-refractivity contribution in [3.05, 3.63) is 29.1 Å². The lowest BCUT2D eigenvalue weighted by Gasteiger charge is -2.06. The highest BCUT2D eigenvalue weighted by Crippen LogP contribution is 2.48. The smallest absolute Gasteiger partial charge is 0.229 e. The van der Waals surface area contributed by atoms with Gasteiger partial charge in [0.1, 0.15) is 5.52 Å². The average Bonchev–Trinajstić information content (AvgIpc) is 3.00. The first kappa shape index (κ1) is 12.2. The topological polar surface area (TPSA) is 30.2 Å². The highest BCUT2D eigenvalue weighted by molar-refractivity contribution is 6.28. The summed E-state index contributed by atoms with van der Waals surface area (Å²) >= 11 is 5.70. The summed E-state index contributed by atoms with van der Waals surface area (Å²) in [6, 6.07) is 1.42. The van der Waals surface area contributed by atoms with Gasteiger partial charge in [0.2, 0.25) is 5.28 Å². The molecule has 0 bridgehead atoms. The van der Waals surface area contributed by atoms with Crippen LogP contribution in [0, 0.1) is 18.2 Å². The minimum Gasteiger partial charge on any atom is -0.229 e. The number of rotatable bonds is 1. The Morgan fingerprint density at radius 1 is 1.53 bits per heavy atom. The second kappa shape index (κ2) is 3.86.